The summed E-state index contributed by atoms with van der Waals surface area (Å²) in [6.07, 6.45) is 2.97. The molecule has 4 nitrogen and oxygen atoms in total. The second kappa shape index (κ2) is 6.13. The Kier molecular flexibility index (Phi) is 4.82. The minimum atomic E-state index is -0.777. The van der Waals surface area contributed by atoms with Gasteiger partial charge in [0.2, 0.25) is 0 Å². The smallest absolute Gasteiger partial charge is 0.306 e. The monoisotopic (exact) mass is 236 g/mol. The lowest BCUT2D eigenvalue weighted by atomic mass is 9.92. The van der Waals surface area contributed by atoms with Gasteiger partial charge in [-0.3, -0.25) is 4.79 Å². The van der Waals surface area contributed by atoms with Crippen LogP contribution in [0, 0.1) is 5.92 Å². The van der Waals surface area contributed by atoms with E-state index >= 15 is 0 Å². The van der Waals surface area contributed by atoms with Crippen molar-refractivity contribution < 1.29 is 9.90 Å². The molecule has 5 N–H and O–H groups in total. The Labute approximate surface area is 102 Å². The molecule has 0 aliphatic rings. The number of nitrogen functional groups attached to an aromatic ring is 2. The van der Waals surface area contributed by atoms with E-state index in [1.54, 1.807) is 18.2 Å². The summed E-state index contributed by atoms with van der Waals surface area (Å²) in [6.45, 7) is 2.05. The Hall–Kier alpha value is -1.71. The van der Waals surface area contributed by atoms with Crippen molar-refractivity contribution in [2.24, 2.45) is 5.92 Å². The maximum atomic E-state index is 11.2. The molecule has 1 aromatic rings. The zero-order valence-electron chi connectivity index (χ0n) is 10.1. The normalized spacial score (nSPS) is 12.3. The molecule has 0 spiro atoms. The second-order valence-electron chi connectivity index (χ2n) is 4.30. The molecule has 0 radical (unpaired) electrons. The highest BCUT2D eigenvalue weighted by atomic mass is 16.4. The minimum Gasteiger partial charge on any atom is -0.481 e. The number of carbonyl (C=O) groups is 1. The van der Waals surface area contributed by atoms with Crippen molar-refractivity contribution >= 4 is 17.3 Å². The van der Waals surface area contributed by atoms with Crippen LogP contribution >= 0.6 is 0 Å². The van der Waals surface area contributed by atoms with Crippen LogP contribution in [0.1, 0.15) is 31.7 Å². The van der Waals surface area contributed by atoms with Gasteiger partial charge in [-0.15, -0.1) is 0 Å². The Morgan fingerprint density at radius 2 is 1.94 bits per heavy atom. The van der Waals surface area contributed by atoms with E-state index in [1.807, 2.05) is 6.92 Å². The summed E-state index contributed by atoms with van der Waals surface area (Å²) in [5.74, 6) is -1.18. The van der Waals surface area contributed by atoms with Crippen molar-refractivity contribution in [3.05, 3.63) is 23.8 Å². The highest BCUT2D eigenvalue weighted by Crippen LogP contribution is 2.25. The summed E-state index contributed by atoms with van der Waals surface area (Å²) in [6, 6.07) is 5.28. The zero-order valence-corrected chi connectivity index (χ0v) is 10.1. The summed E-state index contributed by atoms with van der Waals surface area (Å²) in [5, 5.41) is 9.16. The molecule has 0 amide bonds. The first-order chi connectivity index (χ1) is 8.06. The molecule has 0 aliphatic carbocycles. The number of rotatable bonds is 6. The van der Waals surface area contributed by atoms with Crippen molar-refractivity contribution in [2.75, 3.05) is 11.5 Å². The Morgan fingerprint density at radius 3 is 2.41 bits per heavy atom. The number of unbranched alkanes of at least 4 members (excludes halogenated alkanes) is 1. The Bertz CT molecular complexity index is 371. The number of benzene rings is 1. The van der Waals surface area contributed by atoms with Gasteiger partial charge in [0.05, 0.1) is 5.92 Å². The van der Waals surface area contributed by atoms with Crippen LogP contribution in [0.15, 0.2) is 18.2 Å². The number of hydrogen-bond acceptors (Lipinski definition) is 3. The van der Waals surface area contributed by atoms with Gasteiger partial charge in [-0.1, -0.05) is 25.8 Å². The largest absolute Gasteiger partial charge is 0.481 e. The SMILES string of the molecule is CCCCC(Cc1c(N)cccc1N)C(=O)O. The molecule has 0 fully saturated rings. The van der Waals surface area contributed by atoms with Crippen molar-refractivity contribution in [3.63, 3.8) is 0 Å². The molecule has 1 atom stereocenters. The van der Waals surface area contributed by atoms with Crippen molar-refractivity contribution in [2.45, 2.75) is 32.6 Å². The molecule has 0 saturated carbocycles. The number of carboxylic acids is 1. The van der Waals surface area contributed by atoms with E-state index in [4.69, 9.17) is 16.6 Å². The lowest BCUT2D eigenvalue weighted by molar-refractivity contribution is -0.141. The fourth-order valence-corrected chi connectivity index (χ4v) is 1.87. The van der Waals surface area contributed by atoms with Gasteiger partial charge in [0, 0.05) is 11.4 Å². The maximum absolute atomic E-state index is 11.2. The first-order valence-electron chi connectivity index (χ1n) is 5.91. The first-order valence-corrected chi connectivity index (χ1v) is 5.91. The predicted molar refractivity (Wildman–Crippen MR) is 69.6 cm³/mol. The third kappa shape index (κ3) is 3.66. The molecule has 1 aromatic carbocycles. The van der Waals surface area contributed by atoms with E-state index < -0.39 is 11.9 Å². The third-order valence-electron chi connectivity index (χ3n) is 2.95. The Balaban J connectivity index is 2.82. The molecule has 0 bridgehead atoms. The van der Waals surface area contributed by atoms with Gasteiger partial charge in [0.1, 0.15) is 0 Å². The van der Waals surface area contributed by atoms with E-state index in [9.17, 15) is 4.79 Å². The lowest BCUT2D eigenvalue weighted by Crippen LogP contribution is -2.18. The third-order valence-corrected chi connectivity index (χ3v) is 2.95. The fourth-order valence-electron chi connectivity index (χ4n) is 1.87. The van der Waals surface area contributed by atoms with Crippen LogP contribution in [0.3, 0.4) is 0 Å². The van der Waals surface area contributed by atoms with E-state index in [-0.39, 0.29) is 0 Å². The van der Waals surface area contributed by atoms with Crippen molar-refractivity contribution in [3.8, 4) is 0 Å². The van der Waals surface area contributed by atoms with Crippen LogP contribution in [-0.4, -0.2) is 11.1 Å². The van der Waals surface area contributed by atoms with Crippen LogP contribution in [-0.2, 0) is 11.2 Å². The Morgan fingerprint density at radius 1 is 1.35 bits per heavy atom. The summed E-state index contributed by atoms with van der Waals surface area (Å²) in [4.78, 5) is 11.2. The zero-order chi connectivity index (χ0) is 12.8. The molecular formula is C13H20N2O2. The highest BCUT2D eigenvalue weighted by molar-refractivity contribution is 5.72. The molecule has 0 saturated heterocycles. The molecule has 0 heterocycles. The van der Waals surface area contributed by atoms with Gasteiger partial charge in [0.15, 0.2) is 0 Å². The van der Waals surface area contributed by atoms with Crippen molar-refractivity contribution in [1.82, 2.24) is 0 Å². The van der Waals surface area contributed by atoms with Gasteiger partial charge >= 0.3 is 5.97 Å². The number of carboxylic acid groups (broad SMARTS) is 1. The van der Waals surface area contributed by atoms with E-state index in [1.165, 1.54) is 0 Å². The quantitative estimate of drug-likeness (QED) is 0.661. The summed E-state index contributed by atoms with van der Waals surface area (Å²) >= 11 is 0. The van der Waals surface area contributed by atoms with Crippen LogP contribution in [0.4, 0.5) is 11.4 Å². The molecule has 94 valence electrons. The van der Waals surface area contributed by atoms with Gasteiger partial charge in [-0.25, -0.2) is 0 Å². The predicted octanol–water partition coefficient (Wildman–Crippen LogP) is 2.28. The molecule has 1 rings (SSSR count). The maximum Gasteiger partial charge on any atom is 0.306 e. The average Bonchev–Trinajstić information content (AvgIpc) is 2.27. The molecule has 0 aromatic heterocycles. The minimum absolute atomic E-state index is 0.401. The number of hydrogen-bond donors (Lipinski definition) is 3. The van der Waals surface area contributed by atoms with Gasteiger partial charge in [0.25, 0.3) is 0 Å². The first kappa shape index (κ1) is 13.4. The standard InChI is InChI=1S/C13H20N2O2/c1-2-3-5-9(13(16)17)8-10-11(14)6-4-7-12(10)15/h4,6-7,9H,2-3,5,8,14-15H2,1H3,(H,16,17). The lowest BCUT2D eigenvalue weighted by Gasteiger charge is -2.15. The van der Waals surface area contributed by atoms with E-state index in [0.717, 1.165) is 18.4 Å². The van der Waals surface area contributed by atoms with Gasteiger partial charge in [-0.05, 0) is 30.5 Å². The van der Waals surface area contributed by atoms with Crippen molar-refractivity contribution in [1.29, 1.82) is 0 Å². The van der Waals surface area contributed by atoms with Gasteiger partial charge < -0.3 is 16.6 Å². The summed E-state index contributed by atoms with van der Waals surface area (Å²) in [7, 11) is 0. The number of anilines is 2. The van der Waals surface area contributed by atoms with Crippen LogP contribution in [0.25, 0.3) is 0 Å². The number of nitrogens with two attached hydrogens (primary N) is 2. The van der Waals surface area contributed by atoms with E-state index in [2.05, 4.69) is 0 Å². The molecular weight excluding hydrogens is 216 g/mol. The van der Waals surface area contributed by atoms with E-state index in [0.29, 0.717) is 24.2 Å². The number of aliphatic carboxylic acids is 1. The summed E-state index contributed by atoms with van der Waals surface area (Å²) < 4.78 is 0. The second-order valence-corrected chi connectivity index (χ2v) is 4.30. The molecule has 4 heteroatoms. The molecule has 1 unspecified atom stereocenters. The van der Waals surface area contributed by atoms with Crippen LogP contribution < -0.4 is 11.5 Å². The average molecular weight is 236 g/mol. The highest BCUT2D eigenvalue weighted by Gasteiger charge is 2.19. The fraction of sp³-hybridized carbons (Fsp3) is 0.462. The van der Waals surface area contributed by atoms with Crippen LogP contribution in [0.5, 0.6) is 0 Å². The summed E-state index contributed by atoms with van der Waals surface area (Å²) in [5.41, 5.74) is 13.6. The van der Waals surface area contributed by atoms with Crippen LogP contribution in [0.2, 0.25) is 0 Å². The topological polar surface area (TPSA) is 89.3 Å². The molecule has 17 heavy (non-hydrogen) atoms. The molecule has 0 aliphatic heterocycles. The van der Waals surface area contributed by atoms with Gasteiger partial charge in [-0.2, -0.15) is 0 Å².